The lowest BCUT2D eigenvalue weighted by Gasteiger charge is -2.08. The summed E-state index contributed by atoms with van der Waals surface area (Å²) in [6.45, 7) is 1.79. The van der Waals surface area contributed by atoms with Crippen molar-refractivity contribution >= 4 is 45.2 Å². The summed E-state index contributed by atoms with van der Waals surface area (Å²) in [7, 11) is 0. The molecule has 1 aromatic carbocycles. The van der Waals surface area contributed by atoms with E-state index < -0.39 is 0 Å². The monoisotopic (exact) mass is 344 g/mol. The van der Waals surface area contributed by atoms with E-state index in [1.165, 1.54) is 0 Å². The van der Waals surface area contributed by atoms with Gasteiger partial charge in [0.05, 0.1) is 0 Å². The summed E-state index contributed by atoms with van der Waals surface area (Å²) in [5, 5.41) is 7.11. The molecule has 0 aliphatic carbocycles. The lowest BCUT2D eigenvalue weighted by atomic mass is 10.2. The highest BCUT2D eigenvalue weighted by molar-refractivity contribution is 9.10. The number of amides is 1. The first-order valence-electron chi connectivity index (χ1n) is 5.93. The van der Waals surface area contributed by atoms with Crippen LogP contribution in [0, 0.1) is 0 Å². The Kier molecular flexibility index (Phi) is 4.50. The van der Waals surface area contributed by atoms with Crippen LogP contribution in [0.2, 0.25) is 0 Å². The van der Waals surface area contributed by atoms with E-state index in [2.05, 4.69) is 26.6 Å². The van der Waals surface area contributed by atoms with Crippen LogP contribution in [0.5, 0.6) is 0 Å². The molecule has 0 radical (unpaired) electrons. The summed E-state index contributed by atoms with van der Waals surface area (Å²) in [6.07, 6.45) is 0.970. The van der Waals surface area contributed by atoms with E-state index in [9.17, 15) is 4.79 Å². The normalized spacial score (nSPS) is 18.3. The Balaban J connectivity index is 0.00000133. The van der Waals surface area contributed by atoms with Gasteiger partial charge in [-0.2, -0.15) is 0 Å². The summed E-state index contributed by atoms with van der Waals surface area (Å²) in [6, 6.07) is 7.67. The lowest BCUT2D eigenvalue weighted by molar-refractivity contribution is 0.0914. The second-order valence-corrected chi connectivity index (χ2v) is 5.37. The van der Waals surface area contributed by atoms with Gasteiger partial charge in [0.25, 0.3) is 5.91 Å². The standard InChI is InChI=1S/C13H13BrN2O2.ClH/c14-9-1-2-11-8(5-9)6-12(18-11)13(17)16-10-3-4-15-7-10;/h1-2,5-6,10,15H,3-4,7H2,(H,16,17);1H. The van der Waals surface area contributed by atoms with E-state index in [1.54, 1.807) is 6.07 Å². The number of halogens is 2. The molecule has 3 rings (SSSR count). The van der Waals surface area contributed by atoms with Gasteiger partial charge in [-0.05, 0) is 37.2 Å². The number of hydrogen-bond acceptors (Lipinski definition) is 3. The topological polar surface area (TPSA) is 54.3 Å². The smallest absolute Gasteiger partial charge is 0.287 e. The SMILES string of the molecule is Cl.O=C(NC1CCNC1)c1cc2cc(Br)ccc2o1. The van der Waals surface area contributed by atoms with Crippen LogP contribution in [0.3, 0.4) is 0 Å². The third-order valence-corrected chi connectivity index (χ3v) is 3.59. The third-order valence-electron chi connectivity index (χ3n) is 3.10. The Hall–Kier alpha value is -1.04. The van der Waals surface area contributed by atoms with Crippen LogP contribution in [0.1, 0.15) is 17.0 Å². The molecule has 1 atom stereocenters. The van der Waals surface area contributed by atoms with E-state index in [-0.39, 0.29) is 24.4 Å². The predicted molar refractivity (Wildman–Crippen MR) is 79.9 cm³/mol. The Morgan fingerprint density at radius 3 is 3.00 bits per heavy atom. The van der Waals surface area contributed by atoms with E-state index in [0.29, 0.717) is 5.76 Å². The number of carbonyl (C=O) groups excluding carboxylic acids is 1. The molecule has 1 amide bonds. The van der Waals surface area contributed by atoms with Gasteiger partial charge in [-0.15, -0.1) is 12.4 Å². The number of benzene rings is 1. The van der Waals surface area contributed by atoms with Gasteiger partial charge in [0.1, 0.15) is 5.58 Å². The highest BCUT2D eigenvalue weighted by Gasteiger charge is 2.19. The van der Waals surface area contributed by atoms with E-state index >= 15 is 0 Å². The minimum atomic E-state index is -0.143. The van der Waals surface area contributed by atoms with Crippen molar-refractivity contribution < 1.29 is 9.21 Å². The molecule has 1 aliphatic rings. The maximum Gasteiger partial charge on any atom is 0.287 e. The van der Waals surface area contributed by atoms with Crippen molar-refractivity contribution in [2.75, 3.05) is 13.1 Å². The molecule has 19 heavy (non-hydrogen) atoms. The molecule has 0 saturated carbocycles. The van der Waals surface area contributed by atoms with Crippen LogP contribution in [-0.2, 0) is 0 Å². The zero-order chi connectivity index (χ0) is 12.5. The molecule has 0 bridgehead atoms. The zero-order valence-electron chi connectivity index (χ0n) is 10.1. The van der Waals surface area contributed by atoms with E-state index in [0.717, 1.165) is 35.0 Å². The number of nitrogens with one attached hydrogen (secondary N) is 2. The van der Waals surface area contributed by atoms with Crippen molar-refractivity contribution in [1.29, 1.82) is 0 Å². The molecule has 102 valence electrons. The van der Waals surface area contributed by atoms with Crippen LogP contribution < -0.4 is 10.6 Å². The van der Waals surface area contributed by atoms with Gasteiger partial charge in [0, 0.05) is 22.4 Å². The summed E-state index contributed by atoms with van der Waals surface area (Å²) in [5.41, 5.74) is 0.730. The molecule has 2 heterocycles. The van der Waals surface area contributed by atoms with Gasteiger partial charge < -0.3 is 15.1 Å². The van der Waals surface area contributed by atoms with Crippen molar-refractivity contribution in [3.05, 3.63) is 34.5 Å². The van der Waals surface area contributed by atoms with Crippen LogP contribution in [-0.4, -0.2) is 25.0 Å². The van der Waals surface area contributed by atoms with Crippen molar-refractivity contribution in [1.82, 2.24) is 10.6 Å². The largest absolute Gasteiger partial charge is 0.451 e. The third kappa shape index (κ3) is 3.11. The maximum atomic E-state index is 12.0. The van der Waals surface area contributed by atoms with Crippen LogP contribution in [0.25, 0.3) is 11.0 Å². The zero-order valence-corrected chi connectivity index (χ0v) is 12.5. The van der Waals surface area contributed by atoms with Gasteiger partial charge in [0.2, 0.25) is 0 Å². The molecule has 1 aromatic heterocycles. The number of furan rings is 1. The number of hydrogen-bond donors (Lipinski definition) is 2. The second kappa shape index (κ2) is 5.94. The first kappa shape index (κ1) is 14.4. The van der Waals surface area contributed by atoms with Gasteiger partial charge in [-0.1, -0.05) is 15.9 Å². The van der Waals surface area contributed by atoms with Crippen LogP contribution >= 0.6 is 28.3 Å². The minimum absolute atomic E-state index is 0. The molecule has 0 spiro atoms. The van der Waals surface area contributed by atoms with E-state index in [1.807, 2.05) is 18.2 Å². The van der Waals surface area contributed by atoms with Gasteiger partial charge in [-0.25, -0.2) is 0 Å². The average Bonchev–Trinajstić information content (AvgIpc) is 2.96. The predicted octanol–water partition coefficient (Wildman–Crippen LogP) is 2.71. The highest BCUT2D eigenvalue weighted by atomic mass is 79.9. The molecular weight excluding hydrogens is 332 g/mol. The molecular formula is C13H14BrClN2O2. The van der Waals surface area contributed by atoms with Gasteiger partial charge >= 0.3 is 0 Å². The Morgan fingerprint density at radius 1 is 1.42 bits per heavy atom. The Morgan fingerprint density at radius 2 is 2.26 bits per heavy atom. The molecule has 4 nitrogen and oxygen atoms in total. The quantitative estimate of drug-likeness (QED) is 0.880. The number of carbonyl (C=O) groups is 1. The number of fused-ring (bicyclic) bond motifs is 1. The lowest BCUT2D eigenvalue weighted by Crippen LogP contribution is -2.35. The first-order chi connectivity index (χ1) is 8.72. The van der Waals surface area contributed by atoms with Gasteiger partial charge in [-0.3, -0.25) is 4.79 Å². The molecule has 2 aromatic rings. The van der Waals surface area contributed by atoms with Crippen LogP contribution in [0.4, 0.5) is 0 Å². The van der Waals surface area contributed by atoms with E-state index in [4.69, 9.17) is 4.42 Å². The second-order valence-electron chi connectivity index (χ2n) is 4.46. The average molecular weight is 346 g/mol. The Bertz CT molecular complexity index is 593. The minimum Gasteiger partial charge on any atom is -0.451 e. The molecule has 6 heteroatoms. The molecule has 1 saturated heterocycles. The fraction of sp³-hybridized carbons (Fsp3) is 0.308. The van der Waals surface area contributed by atoms with Crippen molar-refractivity contribution in [3.63, 3.8) is 0 Å². The maximum absolute atomic E-state index is 12.0. The summed E-state index contributed by atoms with van der Waals surface area (Å²) < 4.78 is 6.52. The molecule has 2 N–H and O–H groups in total. The van der Waals surface area contributed by atoms with Gasteiger partial charge in [0.15, 0.2) is 5.76 Å². The fourth-order valence-electron chi connectivity index (χ4n) is 2.16. The molecule has 1 aliphatic heterocycles. The fourth-order valence-corrected chi connectivity index (χ4v) is 2.54. The van der Waals surface area contributed by atoms with Crippen molar-refractivity contribution in [2.45, 2.75) is 12.5 Å². The summed E-state index contributed by atoms with van der Waals surface area (Å²) >= 11 is 3.40. The van der Waals surface area contributed by atoms with Crippen molar-refractivity contribution in [2.24, 2.45) is 0 Å². The molecule has 1 unspecified atom stereocenters. The summed E-state index contributed by atoms with van der Waals surface area (Å²) in [5.74, 6) is 0.228. The molecule has 1 fully saturated rings. The van der Waals surface area contributed by atoms with Crippen LogP contribution in [0.15, 0.2) is 33.2 Å². The Labute approximate surface area is 125 Å². The first-order valence-corrected chi connectivity index (χ1v) is 6.72. The highest BCUT2D eigenvalue weighted by Crippen LogP contribution is 2.23. The van der Waals surface area contributed by atoms with Crippen molar-refractivity contribution in [3.8, 4) is 0 Å². The summed E-state index contributed by atoms with van der Waals surface area (Å²) in [4.78, 5) is 12.0. The number of rotatable bonds is 2.